The highest BCUT2D eigenvalue weighted by molar-refractivity contribution is 6.00. The predicted molar refractivity (Wildman–Crippen MR) is 232 cm³/mol. The van der Waals surface area contributed by atoms with E-state index in [0.717, 1.165) is 38.5 Å². The van der Waals surface area contributed by atoms with Crippen LogP contribution in [0, 0.1) is 47.3 Å². The lowest BCUT2D eigenvalue weighted by Gasteiger charge is -2.60. The summed E-state index contributed by atoms with van der Waals surface area (Å²) in [5, 5.41) is 12.4. The summed E-state index contributed by atoms with van der Waals surface area (Å²) in [6.07, 6.45) is 7.10. The van der Waals surface area contributed by atoms with Gasteiger partial charge in [-0.15, -0.1) is 0 Å². The molecule has 0 radical (unpaired) electrons. The summed E-state index contributed by atoms with van der Waals surface area (Å²) in [5.41, 5.74) is -1.21. The van der Waals surface area contributed by atoms with Gasteiger partial charge in [-0.25, -0.2) is 19.6 Å². The molecule has 2 amide bonds. The van der Waals surface area contributed by atoms with Gasteiger partial charge in [-0.1, -0.05) is 33.8 Å². The fourth-order valence-electron chi connectivity index (χ4n) is 13.8. The molecule has 4 bridgehead atoms. The largest absolute Gasteiger partial charge is 0.493 e. The number of rotatable bonds is 15. The van der Waals surface area contributed by atoms with E-state index in [4.69, 9.17) is 48.0 Å². The Morgan fingerprint density at radius 2 is 1.34 bits per heavy atom. The first-order valence-corrected chi connectivity index (χ1v) is 24.4. The second-order valence-electron chi connectivity index (χ2n) is 21.1. The fourth-order valence-corrected chi connectivity index (χ4v) is 13.8. The minimum atomic E-state index is -1.04. The van der Waals surface area contributed by atoms with Crippen molar-refractivity contribution in [2.45, 2.75) is 172 Å². The molecule has 0 aromatic heterocycles. The first-order valence-electron chi connectivity index (χ1n) is 24.4. The van der Waals surface area contributed by atoms with Gasteiger partial charge in [0.2, 0.25) is 17.5 Å². The molecule has 362 valence electrons. The predicted octanol–water partition coefficient (Wildman–Crippen LogP) is 6.25. The molecule has 2 N–H and O–H groups in total. The van der Waals surface area contributed by atoms with Gasteiger partial charge in [0.1, 0.15) is 12.6 Å². The number of aliphatic hydroxyl groups excluding tert-OH is 1. The Bertz CT molecular complexity index is 1940. The SMILES string of the molecule is COc1cccc(C(=O)N(CCC[C@H]2O[C@@H]3O[C@]4(C)CCC5[C@H](C)CCC([C@H]2C)[C@]53OO4)C(CC[C@H]2O[C@@H]3O[C@]4(C)CCC5[C@H](C)CCC([C@H]2C)[C@]53OO4)C(=O)NCC(=O)CO)c1OC. The number of hydrogen-bond donors (Lipinski definition) is 2. The highest BCUT2D eigenvalue weighted by Gasteiger charge is 2.71. The number of ether oxygens (including phenoxy) is 6. The van der Waals surface area contributed by atoms with Crippen LogP contribution in [0.15, 0.2) is 18.2 Å². The molecule has 8 saturated heterocycles. The zero-order chi connectivity index (χ0) is 46.1. The maximum atomic E-state index is 15.2. The van der Waals surface area contributed by atoms with Gasteiger partial charge in [0.05, 0.1) is 38.5 Å². The molecular formula is C49H72N2O14. The number of ketones is 1. The van der Waals surface area contributed by atoms with E-state index in [1.165, 1.54) is 14.2 Å². The number of methoxy groups -OCH3 is 2. The minimum Gasteiger partial charge on any atom is -0.493 e. The Morgan fingerprint density at radius 3 is 1.88 bits per heavy atom. The van der Waals surface area contributed by atoms with Gasteiger partial charge in [0.15, 0.2) is 41.1 Å². The molecule has 65 heavy (non-hydrogen) atoms. The smallest absolute Gasteiger partial charge is 0.258 e. The van der Waals surface area contributed by atoms with Gasteiger partial charge in [-0.05, 0) is 126 Å². The van der Waals surface area contributed by atoms with Crippen LogP contribution < -0.4 is 14.8 Å². The van der Waals surface area contributed by atoms with Crippen LogP contribution in [0.1, 0.15) is 129 Å². The number of nitrogens with zero attached hydrogens (tertiary/aromatic N) is 1. The lowest BCUT2D eigenvalue weighted by atomic mass is 9.57. The lowest BCUT2D eigenvalue weighted by molar-refractivity contribution is -0.571. The maximum Gasteiger partial charge on any atom is 0.258 e. The summed E-state index contributed by atoms with van der Waals surface area (Å²) in [7, 11) is 2.99. The normalized spacial score (nSPS) is 43.0. The summed E-state index contributed by atoms with van der Waals surface area (Å²) in [4.78, 5) is 68.7. The van der Waals surface area contributed by atoms with E-state index in [9.17, 15) is 14.7 Å². The highest BCUT2D eigenvalue weighted by Crippen LogP contribution is 2.62. The van der Waals surface area contributed by atoms with Crippen molar-refractivity contribution in [3.63, 3.8) is 0 Å². The van der Waals surface area contributed by atoms with Crippen molar-refractivity contribution in [2.75, 3.05) is 33.9 Å². The van der Waals surface area contributed by atoms with Crippen LogP contribution in [0.2, 0.25) is 0 Å². The molecule has 10 fully saturated rings. The van der Waals surface area contributed by atoms with E-state index < -0.39 is 65.6 Å². The van der Waals surface area contributed by atoms with Crippen LogP contribution >= 0.6 is 0 Å². The molecule has 16 nitrogen and oxygen atoms in total. The molecule has 16 heteroatoms. The molecule has 1 aromatic rings. The Balaban J connectivity index is 1.00. The van der Waals surface area contributed by atoms with Crippen LogP contribution in [0.3, 0.4) is 0 Å². The monoisotopic (exact) mass is 912 g/mol. The first kappa shape index (κ1) is 47.1. The summed E-state index contributed by atoms with van der Waals surface area (Å²) >= 11 is 0. The maximum absolute atomic E-state index is 15.2. The van der Waals surface area contributed by atoms with Crippen LogP contribution in [-0.4, -0.2) is 115 Å². The Hall–Kier alpha value is -2.93. The molecule has 8 aliphatic heterocycles. The number of benzene rings is 1. The van der Waals surface area contributed by atoms with Crippen molar-refractivity contribution < 1.29 is 67.5 Å². The van der Waals surface area contributed by atoms with Crippen molar-refractivity contribution in [3.8, 4) is 11.5 Å². The van der Waals surface area contributed by atoms with Crippen LogP contribution in [0.4, 0.5) is 0 Å². The number of amides is 2. The van der Waals surface area contributed by atoms with E-state index in [1.54, 1.807) is 23.1 Å². The average Bonchev–Trinajstić information content (AvgIpc) is 3.68. The van der Waals surface area contributed by atoms with Crippen molar-refractivity contribution in [1.29, 1.82) is 0 Å². The number of nitrogens with one attached hydrogen (secondary N) is 1. The van der Waals surface area contributed by atoms with Gasteiger partial charge < -0.3 is 43.7 Å². The number of hydrogen-bond acceptors (Lipinski definition) is 14. The van der Waals surface area contributed by atoms with Crippen molar-refractivity contribution in [3.05, 3.63) is 23.8 Å². The van der Waals surface area contributed by atoms with Crippen molar-refractivity contribution in [2.24, 2.45) is 47.3 Å². The van der Waals surface area contributed by atoms with E-state index in [2.05, 4.69) is 33.0 Å². The molecule has 2 spiro atoms. The molecule has 1 aromatic carbocycles. The van der Waals surface area contributed by atoms with Crippen LogP contribution in [0.5, 0.6) is 11.5 Å². The second kappa shape index (κ2) is 18.2. The number of para-hydroxylation sites is 1. The Labute approximate surface area is 383 Å². The second-order valence-corrected chi connectivity index (χ2v) is 21.1. The number of fused-ring (bicyclic) bond motifs is 4. The molecule has 10 aliphatic rings. The Kier molecular flexibility index (Phi) is 13.2. The zero-order valence-corrected chi connectivity index (χ0v) is 39.5. The van der Waals surface area contributed by atoms with Gasteiger partial charge in [0, 0.05) is 31.2 Å². The van der Waals surface area contributed by atoms with Gasteiger partial charge in [-0.3, -0.25) is 14.4 Å². The molecule has 8 heterocycles. The summed E-state index contributed by atoms with van der Waals surface area (Å²) in [5.74, 6) is -1.12. The van der Waals surface area contributed by atoms with Gasteiger partial charge >= 0.3 is 0 Å². The lowest BCUT2D eigenvalue weighted by Crippen LogP contribution is -2.70. The number of carbonyl (C=O) groups excluding carboxylic acids is 3. The summed E-state index contributed by atoms with van der Waals surface area (Å²) in [6.45, 7) is 11.9. The minimum absolute atomic E-state index is 0.00641. The van der Waals surface area contributed by atoms with E-state index in [1.807, 2.05) is 13.8 Å². The number of carbonyl (C=O) groups is 3. The summed E-state index contributed by atoms with van der Waals surface area (Å²) < 4.78 is 38.6. The highest BCUT2D eigenvalue weighted by atomic mass is 17.3. The van der Waals surface area contributed by atoms with Gasteiger partial charge in [0.25, 0.3) is 5.91 Å². The quantitative estimate of drug-likeness (QED) is 0.189. The molecule has 5 unspecified atom stereocenters. The first-order chi connectivity index (χ1) is 31.1. The van der Waals surface area contributed by atoms with E-state index in [0.29, 0.717) is 49.7 Å². The molecular weight excluding hydrogens is 841 g/mol. The number of Topliss-reactive ketones (excluding diaryl/α,β-unsaturated/α-hetero) is 1. The van der Waals surface area contributed by atoms with Crippen LogP contribution in [0.25, 0.3) is 0 Å². The van der Waals surface area contributed by atoms with Crippen molar-refractivity contribution in [1.82, 2.24) is 10.2 Å². The number of aliphatic hydroxyl groups is 1. The molecule has 11 rings (SSSR count). The van der Waals surface area contributed by atoms with Crippen LogP contribution in [-0.2, 0) is 48.1 Å². The van der Waals surface area contributed by atoms with Gasteiger partial charge in [-0.2, -0.15) is 0 Å². The standard InChI is InChI=1S/C49H72N2O14/c1-27-14-16-35-29(3)38(58-44-48(35)33(27)20-22-46(5,60-44)62-64-48)13-10-24-51(43(55)32-11-9-12-40(56-7)41(32)57-8)37(42(54)50-25-31(53)26-52)18-19-39-30(4)36-17-15-28(2)34-21-23-47(6)61-45(59-39)49(34,36)65-63-47/h9,11-12,27-30,33-39,44-45,52H,10,13-26H2,1-8H3,(H,50,54)/t27-,28-,29-,30-,33?,34?,35?,36?,37?,38-,39-,44-,45-,46+,47+,48-,49-/m1/s1. The zero-order valence-electron chi connectivity index (χ0n) is 39.5. The molecule has 17 atom stereocenters. The van der Waals surface area contributed by atoms with E-state index in [-0.39, 0.29) is 78.5 Å². The molecule has 2 aliphatic carbocycles. The third kappa shape index (κ3) is 8.01. The third-order valence-corrected chi connectivity index (χ3v) is 17.4. The van der Waals surface area contributed by atoms with E-state index >= 15 is 4.79 Å². The molecule has 2 saturated carbocycles. The summed E-state index contributed by atoms with van der Waals surface area (Å²) in [6, 6.07) is 4.06. The Morgan fingerprint density at radius 1 is 0.769 bits per heavy atom. The van der Waals surface area contributed by atoms with Crippen molar-refractivity contribution >= 4 is 17.6 Å². The average molecular weight is 913 g/mol. The fraction of sp³-hybridized carbons (Fsp3) is 0.816. The third-order valence-electron chi connectivity index (χ3n) is 17.4. The topological polar surface area (TPSA) is 179 Å².